The number of carboxylic acid groups (broad SMARTS) is 1. The van der Waals surface area contributed by atoms with Crippen molar-refractivity contribution in [2.75, 3.05) is 6.54 Å². The van der Waals surface area contributed by atoms with Gasteiger partial charge in [0.15, 0.2) is 5.96 Å². The minimum atomic E-state index is -1.18. The van der Waals surface area contributed by atoms with Gasteiger partial charge in [0.25, 0.3) is 0 Å². The minimum absolute atomic E-state index is 0.102. The molecule has 10 N–H and O–H groups in total. The summed E-state index contributed by atoms with van der Waals surface area (Å²) in [5.74, 6) is -3.17. The summed E-state index contributed by atoms with van der Waals surface area (Å²) >= 11 is 0. The van der Waals surface area contributed by atoms with Gasteiger partial charge in [0, 0.05) is 6.54 Å². The number of hydrogen-bond donors (Lipinski definition) is 7. The molecule has 0 rings (SSSR count). The van der Waals surface area contributed by atoms with Crippen LogP contribution in [-0.4, -0.2) is 65.5 Å². The number of rotatable bonds is 14. The van der Waals surface area contributed by atoms with Crippen LogP contribution in [0.1, 0.15) is 53.9 Å². The quantitative estimate of drug-likeness (QED) is 0.0935. The third-order valence-corrected chi connectivity index (χ3v) is 4.62. The van der Waals surface area contributed by atoms with Crippen LogP contribution in [0.15, 0.2) is 4.99 Å². The first-order valence-electron chi connectivity index (χ1n) is 10.7. The molecule has 0 aromatic carbocycles. The average Bonchev–Trinajstić information content (AvgIpc) is 2.66. The Morgan fingerprint density at radius 2 is 1.50 bits per heavy atom. The second-order valence-corrected chi connectivity index (χ2v) is 8.54. The first-order valence-corrected chi connectivity index (χ1v) is 10.7. The molecule has 0 saturated heterocycles. The second-order valence-electron chi connectivity index (χ2n) is 8.54. The maximum Gasteiger partial charge on any atom is 0.326 e. The van der Waals surface area contributed by atoms with Crippen molar-refractivity contribution in [1.82, 2.24) is 16.0 Å². The summed E-state index contributed by atoms with van der Waals surface area (Å²) in [5, 5.41) is 16.9. The molecule has 4 atom stereocenters. The highest BCUT2D eigenvalue weighted by molar-refractivity contribution is 5.93. The van der Waals surface area contributed by atoms with E-state index in [9.17, 15) is 24.3 Å². The molecule has 0 aliphatic heterocycles. The molecule has 0 aromatic heterocycles. The van der Waals surface area contributed by atoms with E-state index in [-0.39, 0.29) is 30.8 Å². The molecule has 12 nitrogen and oxygen atoms in total. The van der Waals surface area contributed by atoms with E-state index in [1.54, 1.807) is 13.8 Å². The minimum Gasteiger partial charge on any atom is -0.480 e. The fourth-order valence-corrected chi connectivity index (χ4v) is 2.84. The second kappa shape index (κ2) is 14.2. The van der Waals surface area contributed by atoms with Gasteiger partial charge in [-0.3, -0.25) is 19.4 Å². The lowest BCUT2D eigenvalue weighted by Crippen LogP contribution is -2.57. The molecule has 0 saturated carbocycles. The van der Waals surface area contributed by atoms with Gasteiger partial charge in [-0.05, 0) is 38.0 Å². The highest BCUT2D eigenvalue weighted by Crippen LogP contribution is 2.06. The van der Waals surface area contributed by atoms with Crippen LogP contribution >= 0.6 is 0 Å². The molecule has 0 fully saturated rings. The molecule has 0 radical (unpaired) electrons. The van der Waals surface area contributed by atoms with Crippen LogP contribution in [0.4, 0.5) is 0 Å². The fourth-order valence-electron chi connectivity index (χ4n) is 2.84. The number of nitrogens with one attached hydrogen (secondary N) is 3. The highest BCUT2D eigenvalue weighted by Gasteiger charge is 2.30. The van der Waals surface area contributed by atoms with Gasteiger partial charge in [0.05, 0.1) is 6.04 Å². The summed E-state index contributed by atoms with van der Waals surface area (Å²) in [6.07, 6.45) is 0.976. The number of aliphatic imine (C=N–C) groups is 1. The molecule has 4 unspecified atom stereocenters. The number of carboxylic acids is 1. The lowest BCUT2D eigenvalue weighted by molar-refractivity contribution is -0.143. The zero-order valence-electron chi connectivity index (χ0n) is 19.6. The first kappa shape index (κ1) is 29.1. The smallest absolute Gasteiger partial charge is 0.326 e. The summed E-state index contributed by atoms with van der Waals surface area (Å²) in [4.78, 5) is 52.8. The third-order valence-electron chi connectivity index (χ3n) is 4.62. The maximum absolute atomic E-state index is 12.7. The standard InChI is InChI=1S/C20H39N7O5/c1-10(2)9-13(21)17(29)25-12(5)16(28)26-14(7-6-8-24-20(22)23)18(30)27-15(11(3)4)19(31)32/h10-15H,6-9,21H2,1-5H3,(H,25,29)(H,26,28)(H,27,30)(H,31,32)(H4,22,23,24). The van der Waals surface area contributed by atoms with Crippen LogP contribution in [0.25, 0.3) is 0 Å². The molecule has 3 amide bonds. The number of guanidine groups is 1. The van der Waals surface area contributed by atoms with Crippen molar-refractivity contribution < 1.29 is 24.3 Å². The lowest BCUT2D eigenvalue weighted by atomic mass is 10.0. The molecule has 0 aromatic rings. The number of carbonyl (C=O) groups excluding carboxylic acids is 3. The van der Waals surface area contributed by atoms with Crippen LogP contribution in [0, 0.1) is 11.8 Å². The molecule has 0 aliphatic carbocycles. The molecular weight excluding hydrogens is 418 g/mol. The lowest BCUT2D eigenvalue weighted by Gasteiger charge is -2.25. The Labute approximate surface area is 189 Å². The molecule has 184 valence electrons. The van der Waals surface area contributed by atoms with Gasteiger partial charge < -0.3 is 38.3 Å². The summed E-state index contributed by atoms with van der Waals surface area (Å²) in [7, 11) is 0. The largest absolute Gasteiger partial charge is 0.480 e. The van der Waals surface area contributed by atoms with E-state index >= 15 is 0 Å². The topological polar surface area (TPSA) is 215 Å². The van der Waals surface area contributed by atoms with E-state index in [1.807, 2.05) is 13.8 Å². The number of nitrogens with two attached hydrogens (primary N) is 3. The van der Waals surface area contributed by atoms with Crippen molar-refractivity contribution >= 4 is 29.7 Å². The van der Waals surface area contributed by atoms with Crippen molar-refractivity contribution in [3.8, 4) is 0 Å². The fraction of sp³-hybridized carbons (Fsp3) is 0.750. The molecule has 12 heteroatoms. The normalized spacial score (nSPS) is 14.8. The van der Waals surface area contributed by atoms with Gasteiger partial charge in [0.1, 0.15) is 18.1 Å². The van der Waals surface area contributed by atoms with E-state index in [2.05, 4.69) is 20.9 Å². The van der Waals surface area contributed by atoms with E-state index in [4.69, 9.17) is 17.2 Å². The number of amides is 3. The number of nitrogens with zero attached hydrogens (tertiary/aromatic N) is 1. The molecular formula is C20H39N7O5. The van der Waals surface area contributed by atoms with Crippen molar-refractivity contribution in [2.24, 2.45) is 34.0 Å². The SMILES string of the molecule is CC(C)CC(N)C(=O)NC(C)C(=O)NC(CCCN=C(N)N)C(=O)NC(C(=O)O)C(C)C. The molecule has 0 bridgehead atoms. The predicted octanol–water partition coefficient (Wildman–Crippen LogP) is -1.37. The van der Waals surface area contributed by atoms with Crippen LogP contribution in [0.3, 0.4) is 0 Å². The monoisotopic (exact) mass is 457 g/mol. The van der Waals surface area contributed by atoms with Crippen molar-refractivity contribution in [3.05, 3.63) is 0 Å². The van der Waals surface area contributed by atoms with E-state index in [1.165, 1.54) is 6.92 Å². The summed E-state index contributed by atoms with van der Waals surface area (Å²) < 4.78 is 0. The summed E-state index contributed by atoms with van der Waals surface area (Å²) in [5.41, 5.74) is 16.4. The van der Waals surface area contributed by atoms with Crippen LogP contribution < -0.4 is 33.2 Å². The third kappa shape index (κ3) is 11.5. The van der Waals surface area contributed by atoms with Gasteiger partial charge in [-0.25, -0.2) is 4.79 Å². The van der Waals surface area contributed by atoms with Crippen LogP contribution in [-0.2, 0) is 19.2 Å². The Morgan fingerprint density at radius 1 is 0.906 bits per heavy atom. The van der Waals surface area contributed by atoms with Crippen LogP contribution in [0.2, 0.25) is 0 Å². The Hall–Kier alpha value is -2.89. The highest BCUT2D eigenvalue weighted by atomic mass is 16.4. The van der Waals surface area contributed by atoms with E-state index in [0.717, 1.165) is 0 Å². The number of hydrogen-bond acceptors (Lipinski definition) is 6. The Balaban J connectivity index is 5.21. The molecule has 0 spiro atoms. The Bertz CT molecular complexity index is 677. The molecule has 0 aliphatic rings. The Morgan fingerprint density at radius 3 is 1.97 bits per heavy atom. The predicted molar refractivity (Wildman–Crippen MR) is 121 cm³/mol. The molecule has 0 heterocycles. The average molecular weight is 458 g/mol. The zero-order valence-corrected chi connectivity index (χ0v) is 19.6. The summed E-state index contributed by atoms with van der Waals surface area (Å²) in [6.45, 7) is 8.86. The van der Waals surface area contributed by atoms with Gasteiger partial charge in [-0.2, -0.15) is 0 Å². The molecule has 32 heavy (non-hydrogen) atoms. The van der Waals surface area contributed by atoms with E-state index < -0.39 is 47.9 Å². The zero-order chi connectivity index (χ0) is 25.0. The van der Waals surface area contributed by atoms with Gasteiger partial charge >= 0.3 is 5.97 Å². The van der Waals surface area contributed by atoms with Gasteiger partial charge in [0.2, 0.25) is 17.7 Å². The van der Waals surface area contributed by atoms with Gasteiger partial charge in [-0.1, -0.05) is 27.7 Å². The first-order chi connectivity index (χ1) is 14.8. The summed E-state index contributed by atoms with van der Waals surface area (Å²) in [6, 6.07) is -3.87. The van der Waals surface area contributed by atoms with Crippen molar-refractivity contribution in [1.29, 1.82) is 0 Å². The van der Waals surface area contributed by atoms with Crippen molar-refractivity contribution in [2.45, 2.75) is 78.0 Å². The maximum atomic E-state index is 12.7. The van der Waals surface area contributed by atoms with Gasteiger partial charge in [-0.15, -0.1) is 0 Å². The van der Waals surface area contributed by atoms with Crippen molar-refractivity contribution in [3.63, 3.8) is 0 Å². The van der Waals surface area contributed by atoms with Crippen LogP contribution in [0.5, 0.6) is 0 Å². The van der Waals surface area contributed by atoms with E-state index in [0.29, 0.717) is 12.8 Å². The number of aliphatic carboxylic acids is 1. The number of carbonyl (C=O) groups is 4. The Kier molecular flexibility index (Phi) is 12.9.